The zero-order valence-electron chi connectivity index (χ0n) is 18.5. The average Bonchev–Trinajstić information content (AvgIpc) is 3.10. The van der Waals surface area contributed by atoms with Gasteiger partial charge >= 0.3 is 12.1 Å². The SMILES string of the molecule is CCOC(=O)C(Cc1ccccc1)c1cc2cc([N+](=O)[O-])ccc2n1C(=O)OC(C)(C)C. The smallest absolute Gasteiger partial charge is 0.419 e. The maximum atomic E-state index is 13.2. The molecule has 0 N–H and O–H groups in total. The standard InChI is InChI=1S/C24H26N2O6/c1-5-31-22(27)19(13-16-9-7-6-8-10-16)21-15-17-14-18(26(29)30)11-12-20(17)25(21)23(28)32-24(2,3)4/h6-12,14-15,19H,5,13H2,1-4H3. The molecule has 168 valence electrons. The molecule has 8 nitrogen and oxygen atoms in total. The molecule has 3 rings (SSSR count). The van der Waals surface area contributed by atoms with E-state index in [2.05, 4.69) is 0 Å². The first-order valence-electron chi connectivity index (χ1n) is 10.3. The van der Waals surface area contributed by atoms with E-state index in [-0.39, 0.29) is 12.3 Å². The van der Waals surface area contributed by atoms with Crippen molar-refractivity contribution in [3.05, 3.63) is 76.0 Å². The Morgan fingerprint density at radius 2 is 1.78 bits per heavy atom. The number of hydrogen-bond donors (Lipinski definition) is 0. The van der Waals surface area contributed by atoms with Gasteiger partial charge in [-0.25, -0.2) is 9.36 Å². The molecule has 8 heteroatoms. The normalized spacial score (nSPS) is 12.4. The molecule has 0 radical (unpaired) electrons. The molecule has 0 bridgehead atoms. The third kappa shape index (κ3) is 5.14. The van der Waals surface area contributed by atoms with E-state index in [0.717, 1.165) is 5.56 Å². The van der Waals surface area contributed by atoms with Crippen molar-refractivity contribution in [2.75, 3.05) is 6.61 Å². The Hall–Kier alpha value is -3.68. The zero-order chi connectivity index (χ0) is 23.5. The zero-order valence-corrected chi connectivity index (χ0v) is 18.5. The van der Waals surface area contributed by atoms with Crippen LogP contribution < -0.4 is 0 Å². The van der Waals surface area contributed by atoms with Gasteiger partial charge in [-0.1, -0.05) is 30.3 Å². The Morgan fingerprint density at radius 1 is 1.09 bits per heavy atom. The van der Waals surface area contributed by atoms with Crippen LogP contribution in [0.25, 0.3) is 10.9 Å². The van der Waals surface area contributed by atoms with Gasteiger partial charge in [0.05, 0.1) is 17.0 Å². The van der Waals surface area contributed by atoms with Crippen LogP contribution in [0.4, 0.5) is 10.5 Å². The highest BCUT2D eigenvalue weighted by Crippen LogP contribution is 2.32. The van der Waals surface area contributed by atoms with Crippen LogP contribution in [0.2, 0.25) is 0 Å². The number of ether oxygens (including phenoxy) is 2. The number of non-ortho nitro benzene ring substituents is 1. The number of fused-ring (bicyclic) bond motifs is 1. The van der Waals surface area contributed by atoms with E-state index < -0.39 is 28.5 Å². The maximum absolute atomic E-state index is 13.2. The lowest BCUT2D eigenvalue weighted by Crippen LogP contribution is -2.30. The number of nitrogens with zero attached hydrogens (tertiary/aromatic N) is 2. The van der Waals surface area contributed by atoms with Crippen LogP contribution in [0, 0.1) is 10.1 Å². The Morgan fingerprint density at radius 3 is 2.38 bits per heavy atom. The molecule has 0 spiro atoms. The average molecular weight is 438 g/mol. The van der Waals surface area contributed by atoms with Gasteiger partial charge in [-0.05, 0) is 51.8 Å². The molecule has 0 aliphatic carbocycles. The molecule has 3 aromatic rings. The molecule has 1 atom stereocenters. The van der Waals surface area contributed by atoms with E-state index in [9.17, 15) is 19.7 Å². The van der Waals surface area contributed by atoms with Gasteiger partial charge in [-0.15, -0.1) is 0 Å². The first-order valence-corrected chi connectivity index (χ1v) is 10.3. The Bertz CT molecular complexity index is 1140. The minimum Gasteiger partial charge on any atom is -0.465 e. The second-order valence-corrected chi connectivity index (χ2v) is 8.38. The lowest BCUT2D eigenvalue weighted by Gasteiger charge is -2.23. The van der Waals surface area contributed by atoms with Crippen LogP contribution in [0.1, 0.15) is 44.9 Å². The van der Waals surface area contributed by atoms with E-state index >= 15 is 0 Å². The predicted molar refractivity (Wildman–Crippen MR) is 120 cm³/mol. The van der Waals surface area contributed by atoms with Gasteiger partial charge in [0.25, 0.3) is 5.69 Å². The largest absolute Gasteiger partial charge is 0.465 e. The van der Waals surface area contributed by atoms with E-state index in [4.69, 9.17) is 9.47 Å². The number of nitro groups is 1. The van der Waals surface area contributed by atoms with Crippen molar-refractivity contribution in [1.82, 2.24) is 4.57 Å². The molecule has 0 saturated carbocycles. The second kappa shape index (κ2) is 9.21. The number of carbonyl (C=O) groups excluding carboxylic acids is 2. The van der Waals surface area contributed by atoms with Crippen molar-refractivity contribution in [1.29, 1.82) is 0 Å². The topological polar surface area (TPSA) is 101 Å². The van der Waals surface area contributed by atoms with Crippen LogP contribution in [-0.2, 0) is 20.7 Å². The van der Waals surface area contributed by atoms with Gasteiger partial charge in [0.2, 0.25) is 0 Å². The fraction of sp³-hybridized carbons (Fsp3) is 0.333. The Labute approximate surface area is 185 Å². The summed E-state index contributed by atoms with van der Waals surface area (Å²) in [6, 6.07) is 15.2. The van der Waals surface area contributed by atoms with Crippen LogP contribution >= 0.6 is 0 Å². The van der Waals surface area contributed by atoms with Crippen LogP contribution in [0.15, 0.2) is 54.6 Å². The van der Waals surface area contributed by atoms with Crippen molar-refractivity contribution in [2.24, 2.45) is 0 Å². The number of esters is 1. The molecule has 32 heavy (non-hydrogen) atoms. The molecule has 2 aromatic carbocycles. The molecule has 0 saturated heterocycles. The third-order valence-electron chi connectivity index (χ3n) is 4.81. The predicted octanol–water partition coefficient (Wildman–Crippen LogP) is 5.22. The minimum absolute atomic E-state index is 0.110. The van der Waals surface area contributed by atoms with Crippen LogP contribution in [0.5, 0.6) is 0 Å². The lowest BCUT2D eigenvalue weighted by atomic mass is 9.96. The molecule has 1 aromatic heterocycles. The summed E-state index contributed by atoms with van der Waals surface area (Å²) in [6.07, 6.45) is -0.375. The number of carbonyl (C=O) groups is 2. The molecule has 0 amide bonds. The summed E-state index contributed by atoms with van der Waals surface area (Å²) in [5, 5.41) is 11.7. The number of aromatic nitrogens is 1. The molecule has 1 heterocycles. The Kier molecular flexibility index (Phi) is 6.62. The summed E-state index contributed by atoms with van der Waals surface area (Å²) in [5.41, 5.74) is 0.780. The maximum Gasteiger partial charge on any atom is 0.419 e. The molecule has 1 unspecified atom stereocenters. The van der Waals surface area contributed by atoms with Crippen molar-refractivity contribution in [3.63, 3.8) is 0 Å². The quantitative estimate of drug-likeness (QED) is 0.297. The van der Waals surface area contributed by atoms with Crippen LogP contribution in [-0.4, -0.2) is 33.8 Å². The summed E-state index contributed by atoms with van der Waals surface area (Å²) < 4.78 is 12.2. The fourth-order valence-electron chi connectivity index (χ4n) is 3.51. The van der Waals surface area contributed by atoms with Gasteiger partial charge in [0.15, 0.2) is 0 Å². The van der Waals surface area contributed by atoms with Gasteiger partial charge in [0.1, 0.15) is 11.5 Å². The van der Waals surface area contributed by atoms with Crippen molar-refractivity contribution < 1.29 is 24.0 Å². The fourth-order valence-corrected chi connectivity index (χ4v) is 3.51. The molecule has 0 aliphatic rings. The first kappa shape index (κ1) is 23.0. The first-order chi connectivity index (χ1) is 15.1. The summed E-state index contributed by atoms with van der Waals surface area (Å²) in [7, 11) is 0. The van der Waals surface area contributed by atoms with Gasteiger partial charge in [0, 0.05) is 23.2 Å². The number of benzene rings is 2. The molecular weight excluding hydrogens is 412 g/mol. The van der Waals surface area contributed by atoms with E-state index in [0.29, 0.717) is 23.0 Å². The minimum atomic E-state index is -0.809. The van der Waals surface area contributed by atoms with Crippen molar-refractivity contribution in [3.8, 4) is 0 Å². The summed E-state index contributed by atoms with van der Waals surface area (Å²) >= 11 is 0. The molecule has 0 fully saturated rings. The lowest BCUT2D eigenvalue weighted by molar-refractivity contribution is -0.384. The summed E-state index contributed by atoms with van der Waals surface area (Å²) in [5.74, 6) is -1.30. The van der Waals surface area contributed by atoms with Gasteiger partial charge < -0.3 is 9.47 Å². The summed E-state index contributed by atoms with van der Waals surface area (Å²) in [4.78, 5) is 36.9. The molecular formula is C24H26N2O6. The number of rotatable bonds is 6. The second-order valence-electron chi connectivity index (χ2n) is 8.38. The van der Waals surface area contributed by atoms with Crippen molar-refractivity contribution >= 4 is 28.7 Å². The monoisotopic (exact) mass is 438 g/mol. The highest BCUT2D eigenvalue weighted by Gasteiger charge is 2.31. The van der Waals surface area contributed by atoms with E-state index in [1.54, 1.807) is 33.8 Å². The van der Waals surface area contributed by atoms with E-state index in [1.807, 2.05) is 30.3 Å². The van der Waals surface area contributed by atoms with Crippen LogP contribution in [0.3, 0.4) is 0 Å². The summed E-state index contributed by atoms with van der Waals surface area (Å²) in [6.45, 7) is 7.13. The highest BCUT2D eigenvalue weighted by molar-refractivity contribution is 5.94. The highest BCUT2D eigenvalue weighted by atomic mass is 16.6. The number of hydrogen-bond acceptors (Lipinski definition) is 6. The third-order valence-corrected chi connectivity index (χ3v) is 4.81. The van der Waals surface area contributed by atoms with Gasteiger partial charge in [-0.2, -0.15) is 0 Å². The number of nitro benzene ring substituents is 1. The Balaban J connectivity index is 2.20. The van der Waals surface area contributed by atoms with Crippen molar-refractivity contribution in [2.45, 2.75) is 45.6 Å². The molecule has 0 aliphatic heterocycles. The van der Waals surface area contributed by atoms with E-state index in [1.165, 1.54) is 22.8 Å². The van der Waals surface area contributed by atoms with Gasteiger partial charge in [-0.3, -0.25) is 14.9 Å².